The van der Waals surface area contributed by atoms with E-state index in [1.165, 1.54) is 0 Å². The average molecular weight is 500 g/mol. The Morgan fingerprint density at radius 3 is 2.59 bits per heavy atom. The summed E-state index contributed by atoms with van der Waals surface area (Å²) in [7, 11) is 0. The molecule has 0 aliphatic carbocycles. The van der Waals surface area contributed by atoms with Crippen molar-refractivity contribution in [3.63, 3.8) is 0 Å². The second-order valence-electron chi connectivity index (χ2n) is 6.64. The third-order valence-electron chi connectivity index (χ3n) is 4.50. The maximum atomic E-state index is 8.36. The van der Waals surface area contributed by atoms with Gasteiger partial charge in [-0.1, -0.05) is 46.0 Å². The van der Waals surface area contributed by atoms with Crippen molar-refractivity contribution in [2.75, 3.05) is 0 Å². The summed E-state index contributed by atoms with van der Waals surface area (Å²) in [6, 6.07) is 10.5. The van der Waals surface area contributed by atoms with E-state index in [-0.39, 0.29) is 18.8 Å². The molecule has 1 aromatic heterocycles. The molecule has 1 N–H and O–H groups in total. The molecular formula is C20H17Cl3N4O5. The Morgan fingerprint density at radius 2 is 1.94 bits per heavy atom. The van der Waals surface area contributed by atoms with Crippen molar-refractivity contribution in [2.24, 2.45) is 5.16 Å². The average Bonchev–Trinajstić information content (AvgIpc) is 3.23. The van der Waals surface area contributed by atoms with Crippen molar-refractivity contribution in [3.05, 3.63) is 91.4 Å². The summed E-state index contributed by atoms with van der Waals surface area (Å²) >= 11 is 18.3. The number of imidazole rings is 1. The highest BCUT2D eigenvalue weighted by atomic mass is 35.5. The molecule has 2 atom stereocenters. The molecule has 0 fully saturated rings. The molecule has 168 valence electrons. The molecule has 2 aromatic carbocycles. The Balaban J connectivity index is 0.000000668. The van der Waals surface area contributed by atoms with Gasteiger partial charge < -0.3 is 19.3 Å². The van der Waals surface area contributed by atoms with Crippen LogP contribution in [0, 0.1) is 10.1 Å². The highest BCUT2D eigenvalue weighted by Gasteiger charge is 2.35. The number of hydrogen-bond donors (Lipinski definition) is 1. The van der Waals surface area contributed by atoms with Gasteiger partial charge >= 0.3 is 0 Å². The van der Waals surface area contributed by atoms with Crippen LogP contribution < -0.4 is 4.74 Å². The molecule has 1 aliphatic heterocycles. The molecule has 0 saturated carbocycles. The summed E-state index contributed by atoms with van der Waals surface area (Å²) in [6.07, 6.45) is 5.13. The van der Waals surface area contributed by atoms with Crippen LogP contribution in [0.2, 0.25) is 15.1 Å². The monoisotopic (exact) mass is 498 g/mol. The molecule has 2 unspecified atom stereocenters. The number of hydrogen-bond acceptors (Lipinski definition) is 6. The number of benzene rings is 2. The molecule has 0 amide bonds. The predicted molar refractivity (Wildman–Crippen MR) is 119 cm³/mol. The van der Waals surface area contributed by atoms with Crippen molar-refractivity contribution in [1.82, 2.24) is 9.55 Å². The van der Waals surface area contributed by atoms with Crippen molar-refractivity contribution in [3.8, 4) is 5.75 Å². The summed E-state index contributed by atoms with van der Waals surface area (Å²) in [6.45, 7) is 2.19. The number of ether oxygens (including phenoxy) is 1. The zero-order chi connectivity index (χ0) is 23.3. The van der Waals surface area contributed by atoms with Crippen LogP contribution in [0.3, 0.4) is 0 Å². The van der Waals surface area contributed by atoms with Crippen LogP contribution in [0.4, 0.5) is 0 Å². The molecule has 0 bridgehead atoms. The second-order valence-corrected chi connectivity index (χ2v) is 7.92. The van der Waals surface area contributed by atoms with Crippen molar-refractivity contribution in [1.29, 1.82) is 0 Å². The van der Waals surface area contributed by atoms with Gasteiger partial charge in [0.25, 0.3) is 5.09 Å². The van der Waals surface area contributed by atoms with E-state index in [4.69, 9.17) is 59.7 Å². The molecule has 1 aliphatic rings. The molecule has 32 heavy (non-hydrogen) atoms. The Kier molecular flexibility index (Phi) is 7.79. The molecule has 0 saturated heterocycles. The van der Waals surface area contributed by atoms with Crippen LogP contribution in [-0.4, -0.2) is 31.7 Å². The van der Waals surface area contributed by atoms with Gasteiger partial charge in [-0.25, -0.2) is 4.98 Å². The maximum absolute atomic E-state index is 8.36. The molecule has 9 nitrogen and oxygen atoms in total. The van der Waals surface area contributed by atoms with E-state index in [9.17, 15) is 0 Å². The number of aromatic nitrogens is 2. The molecule has 0 radical (unpaired) electrons. The van der Waals surface area contributed by atoms with E-state index in [1.54, 1.807) is 36.8 Å². The number of fused-ring (bicyclic) bond motifs is 1. The molecule has 12 heteroatoms. The lowest BCUT2D eigenvalue weighted by Gasteiger charge is -2.33. The van der Waals surface area contributed by atoms with E-state index in [1.807, 2.05) is 29.8 Å². The number of halogens is 3. The SMILES string of the molecule is CC1Oc2cc(Cl)ccc2/C(=N/OCc2ccc(Cl)cc2Cl)C1n1ccnc1.O=[N+]([O-])O. The summed E-state index contributed by atoms with van der Waals surface area (Å²) in [5.74, 6) is 0.670. The highest BCUT2D eigenvalue weighted by Crippen LogP contribution is 2.36. The zero-order valence-corrected chi connectivity index (χ0v) is 18.8. The minimum Gasteiger partial charge on any atom is -0.487 e. The third-order valence-corrected chi connectivity index (χ3v) is 5.32. The highest BCUT2D eigenvalue weighted by molar-refractivity contribution is 6.35. The standard InChI is InChI=1S/C20H16Cl3N3O2.HNO3/c1-12-20(26-7-6-24-11-26)19(16-5-4-15(22)9-18(16)28-12)25-27-10-13-2-3-14(21)8-17(13)23;2-1(3)4/h2-9,11-12,20H,10H2,1H3;(H,2,3,4)/b25-19-;. The molecule has 0 spiro atoms. The van der Waals surface area contributed by atoms with E-state index in [0.717, 1.165) is 16.8 Å². The normalized spacial score (nSPS) is 18.2. The molecular weight excluding hydrogens is 483 g/mol. The van der Waals surface area contributed by atoms with Gasteiger partial charge in [-0.2, -0.15) is 0 Å². The van der Waals surface area contributed by atoms with E-state index in [0.29, 0.717) is 20.8 Å². The smallest absolute Gasteiger partial charge is 0.291 e. The van der Waals surface area contributed by atoms with Crippen LogP contribution >= 0.6 is 34.8 Å². The zero-order valence-electron chi connectivity index (χ0n) is 16.6. The predicted octanol–water partition coefficient (Wildman–Crippen LogP) is 5.44. The van der Waals surface area contributed by atoms with E-state index >= 15 is 0 Å². The summed E-state index contributed by atoms with van der Waals surface area (Å²) in [5, 5.41) is 19.8. The van der Waals surface area contributed by atoms with Crippen molar-refractivity contribution >= 4 is 40.5 Å². The van der Waals surface area contributed by atoms with Crippen molar-refractivity contribution in [2.45, 2.75) is 25.7 Å². The second kappa shape index (κ2) is 10.5. The Bertz CT molecular complexity index is 1120. The van der Waals surface area contributed by atoms with Crippen LogP contribution in [0.15, 0.2) is 60.3 Å². The van der Waals surface area contributed by atoms with Gasteiger partial charge in [0, 0.05) is 38.6 Å². The third kappa shape index (κ3) is 5.82. The first-order valence-electron chi connectivity index (χ1n) is 9.17. The van der Waals surface area contributed by atoms with Gasteiger partial charge in [0.1, 0.15) is 30.2 Å². The topological polar surface area (TPSA) is 112 Å². The van der Waals surface area contributed by atoms with Crippen LogP contribution in [0.25, 0.3) is 0 Å². The Labute approximate surface area is 197 Å². The fraction of sp³-hybridized carbons (Fsp3) is 0.200. The van der Waals surface area contributed by atoms with Crippen molar-refractivity contribution < 1.29 is 19.9 Å². The first-order chi connectivity index (χ1) is 15.3. The lowest BCUT2D eigenvalue weighted by Crippen LogP contribution is -2.37. The lowest BCUT2D eigenvalue weighted by molar-refractivity contribution is -0.742. The minimum atomic E-state index is -1.50. The van der Waals surface area contributed by atoms with Gasteiger partial charge in [-0.05, 0) is 37.3 Å². The number of rotatable bonds is 4. The van der Waals surface area contributed by atoms with Crippen LogP contribution in [0.1, 0.15) is 24.1 Å². The summed E-state index contributed by atoms with van der Waals surface area (Å²) in [4.78, 5) is 18.2. The van der Waals surface area contributed by atoms with Gasteiger partial charge in [0.05, 0.1) is 6.33 Å². The lowest BCUT2D eigenvalue weighted by atomic mass is 9.95. The maximum Gasteiger partial charge on any atom is 0.291 e. The Morgan fingerprint density at radius 1 is 1.25 bits per heavy atom. The largest absolute Gasteiger partial charge is 0.487 e. The summed E-state index contributed by atoms with van der Waals surface area (Å²) < 4.78 is 8.02. The van der Waals surface area contributed by atoms with Crippen LogP contribution in [-0.2, 0) is 11.4 Å². The van der Waals surface area contributed by atoms with E-state index < -0.39 is 5.09 Å². The van der Waals surface area contributed by atoms with Gasteiger partial charge in [-0.3, -0.25) is 0 Å². The molecule has 4 rings (SSSR count). The number of nitrogens with zero attached hydrogens (tertiary/aromatic N) is 4. The van der Waals surface area contributed by atoms with E-state index in [2.05, 4.69) is 10.1 Å². The quantitative estimate of drug-likeness (QED) is 0.378. The fourth-order valence-electron chi connectivity index (χ4n) is 3.18. The first kappa shape index (κ1) is 23.6. The van der Waals surface area contributed by atoms with Gasteiger partial charge in [0.2, 0.25) is 0 Å². The Hall–Kier alpha value is -3.01. The first-order valence-corrected chi connectivity index (χ1v) is 10.3. The van der Waals surface area contributed by atoms with Gasteiger partial charge in [-0.15, -0.1) is 10.1 Å². The molecule has 2 heterocycles. The number of oxime groups is 1. The molecule has 3 aromatic rings. The fourth-order valence-corrected chi connectivity index (χ4v) is 3.81. The minimum absolute atomic E-state index is 0.193. The van der Waals surface area contributed by atoms with Gasteiger partial charge in [0.15, 0.2) is 0 Å². The van der Waals surface area contributed by atoms with Crippen LogP contribution in [0.5, 0.6) is 5.75 Å². The summed E-state index contributed by atoms with van der Waals surface area (Å²) in [5.41, 5.74) is 2.35.